The van der Waals surface area contributed by atoms with Crippen LogP contribution in [0, 0.1) is 0 Å². The van der Waals surface area contributed by atoms with E-state index in [0.29, 0.717) is 6.29 Å². The first-order valence-corrected chi connectivity index (χ1v) is 3.91. The van der Waals surface area contributed by atoms with Crippen molar-refractivity contribution >= 4 is 6.29 Å². The van der Waals surface area contributed by atoms with E-state index in [4.69, 9.17) is 15.0 Å². The highest BCUT2D eigenvalue weighted by Crippen LogP contribution is 2.27. The first kappa shape index (κ1) is 9.98. The number of rotatable bonds is 3. The van der Waals surface area contributed by atoms with E-state index in [0.717, 1.165) is 0 Å². The maximum atomic E-state index is 10.5. The molecule has 1 rings (SSSR count). The summed E-state index contributed by atoms with van der Waals surface area (Å²) in [6, 6.07) is 0. The lowest BCUT2D eigenvalue weighted by Gasteiger charge is -2.15. The predicted octanol–water partition coefficient (Wildman–Crippen LogP) is 1.02. The van der Waals surface area contributed by atoms with Gasteiger partial charge in [0.15, 0.2) is 12.1 Å². The molecule has 0 bridgehead atoms. The Kier molecular flexibility index (Phi) is 2.87. The zero-order valence-corrected chi connectivity index (χ0v) is 7.51. The molecule has 0 aromatic rings. The Balaban J connectivity index is 2.63. The summed E-state index contributed by atoms with van der Waals surface area (Å²) in [6.07, 6.45) is -0.448. The number of ether oxygens (including phenoxy) is 2. The van der Waals surface area contributed by atoms with Crippen molar-refractivity contribution in [1.82, 2.24) is 0 Å². The summed E-state index contributed by atoms with van der Waals surface area (Å²) < 4.78 is 10.6. The number of hydrogen-bond acceptors (Lipinski definition) is 4. The van der Waals surface area contributed by atoms with E-state index in [1.54, 1.807) is 13.8 Å². The molecule has 6 heteroatoms. The fourth-order valence-electron chi connectivity index (χ4n) is 1.24. The monoisotopic (exact) mass is 185 g/mol. The molecule has 0 spiro atoms. The number of aldehydes is 1. The van der Waals surface area contributed by atoms with Crippen molar-refractivity contribution in [3.05, 3.63) is 10.4 Å². The minimum atomic E-state index is -0.777. The van der Waals surface area contributed by atoms with Crippen LogP contribution in [0.1, 0.15) is 13.8 Å². The maximum Gasteiger partial charge on any atom is 0.164 e. The van der Waals surface area contributed by atoms with Gasteiger partial charge in [-0.25, -0.2) is 0 Å². The molecular formula is C7H11N3O3. The van der Waals surface area contributed by atoms with E-state index in [9.17, 15) is 4.79 Å². The molecule has 72 valence electrons. The van der Waals surface area contributed by atoms with Crippen molar-refractivity contribution < 1.29 is 14.3 Å². The first-order valence-electron chi connectivity index (χ1n) is 3.91. The molecule has 0 aromatic carbocycles. The van der Waals surface area contributed by atoms with E-state index in [1.165, 1.54) is 0 Å². The highest BCUT2D eigenvalue weighted by atomic mass is 16.8. The third kappa shape index (κ3) is 2.42. The van der Waals surface area contributed by atoms with Crippen LogP contribution >= 0.6 is 0 Å². The van der Waals surface area contributed by atoms with Crippen molar-refractivity contribution in [3.8, 4) is 0 Å². The quantitative estimate of drug-likeness (QED) is 0.284. The zero-order chi connectivity index (χ0) is 9.90. The molecule has 0 amide bonds. The number of nitrogens with zero attached hydrogens (tertiary/aromatic N) is 3. The molecule has 2 atom stereocenters. The summed E-state index contributed by atoms with van der Waals surface area (Å²) in [6.45, 7) is 3.53. The van der Waals surface area contributed by atoms with Crippen LogP contribution in [-0.2, 0) is 14.3 Å². The molecular weight excluding hydrogens is 174 g/mol. The molecule has 1 aliphatic heterocycles. The summed E-state index contributed by atoms with van der Waals surface area (Å²) in [5.41, 5.74) is 8.09. The average Bonchev–Trinajstić information content (AvgIpc) is 2.37. The van der Waals surface area contributed by atoms with Crippen LogP contribution in [0.25, 0.3) is 10.4 Å². The van der Waals surface area contributed by atoms with Gasteiger partial charge in [-0.15, -0.1) is 0 Å². The fraction of sp³-hybridized carbons (Fsp3) is 0.857. The minimum absolute atomic E-state index is 0.114. The van der Waals surface area contributed by atoms with E-state index >= 15 is 0 Å². The second-order valence-electron chi connectivity index (χ2n) is 3.19. The summed E-state index contributed by atoms with van der Waals surface area (Å²) >= 11 is 0. The van der Waals surface area contributed by atoms with Crippen LogP contribution in [0.3, 0.4) is 0 Å². The van der Waals surface area contributed by atoms with Gasteiger partial charge in [-0.05, 0) is 19.4 Å². The highest BCUT2D eigenvalue weighted by Gasteiger charge is 2.40. The van der Waals surface area contributed by atoms with Gasteiger partial charge in [0, 0.05) is 4.91 Å². The first-order chi connectivity index (χ1) is 6.09. The van der Waals surface area contributed by atoms with Gasteiger partial charge in [0.05, 0.1) is 12.6 Å². The van der Waals surface area contributed by atoms with Crippen molar-refractivity contribution in [2.24, 2.45) is 5.11 Å². The number of carbonyl (C=O) groups is 1. The van der Waals surface area contributed by atoms with Crippen LogP contribution in [0.15, 0.2) is 5.11 Å². The Bertz CT molecular complexity index is 247. The Labute approximate surface area is 75.4 Å². The topological polar surface area (TPSA) is 84.3 Å². The molecule has 1 heterocycles. The van der Waals surface area contributed by atoms with Crippen LogP contribution in [0.4, 0.5) is 0 Å². The highest BCUT2D eigenvalue weighted by molar-refractivity contribution is 5.57. The number of carbonyl (C=O) groups excluding carboxylic acids is 1. The molecule has 13 heavy (non-hydrogen) atoms. The van der Waals surface area contributed by atoms with Crippen LogP contribution in [0.5, 0.6) is 0 Å². The van der Waals surface area contributed by atoms with E-state index in [1.807, 2.05) is 0 Å². The largest absolute Gasteiger partial charge is 0.344 e. The molecule has 0 saturated carbocycles. The van der Waals surface area contributed by atoms with Crippen molar-refractivity contribution in [1.29, 1.82) is 0 Å². The van der Waals surface area contributed by atoms with Crippen LogP contribution in [0.2, 0.25) is 0 Å². The normalized spacial score (nSPS) is 30.9. The van der Waals surface area contributed by atoms with E-state index in [2.05, 4.69) is 10.0 Å². The Morgan fingerprint density at radius 1 is 1.62 bits per heavy atom. The molecule has 0 aromatic heterocycles. The van der Waals surface area contributed by atoms with Gasteiger partial charge in [0.25, 0.3) is 0 Å². The molecule has 2 unspecified atom stereocenters. The van der Waals surface area contributed by atoms with Gasteiger partial charge >= 0.3 is 0 Å². The van der Waals surface area contributed by atoms with Gasteiger partial charge < -0.3 is 14.3 Å². The third-order valence-electron chi connectivity index (χ3n) is 1.68. The van der Waals surface area contributed by atoms with Gasteiger partial charge in [0.1, 0.15) is 6.10 Å². The van der Waals surface area contributed by atoms with Gasteiger partial charge in [-0.2, -0.15) is 0 Å². The molecule has 6 nitrogen and oxygen atoms in total. The van der Waals surface area contributed by atoms with E-state index < -0.39 is 18.0 Å². The summed E-state index contributed by atoms with van der Waals surface area (Å²) in [4.78, 5) is 13.1. The molecule has 1 aliphatic rings. The van der Waals surface area contributed by atoms with Crippen molar-refractivity contribution in [2.75, 3.05) is 6.54 Å². The molecule has 0 radical (unpaired) electrons. The number of azide groups is 1. The van der Waals surface area contributed by atoms with Crippen molar-refractivity contribution in [2.45, 2.75) is 31.8 Å². The number of hydrogen-bond donors (Lipinski definition) is 0. The summed E-state index contributed by atoms with van der Waals surface area (Å²) in [7, 11) is 0. The maximum absolute atomic E-state index is 10.5. The molecule has 1 saturated heterocycles. The average molecular weight is 185 g/mol. The fourth-order valence-corrected chi connectivity index (χ4v) is 1.24. The lowest BCUT2D eigenvalue weighted by Crippen LogP contribution is -2.26. The Hall–Kier alpha value is -1.10. The van der Waals surface area contributed by atoms with Crippen molar-refractivity contribution in [3.63, 3.8) is 0 Å². The van der Waals surface area contributed by atoms with Gasteiger partial charge in [0.2, 0.25) is 0 Å². The molecule has 1 fully saturated rings. The smallest absolute Gasteiger partial charge is 0.164 e. The lowest BCUT2D eigenvalue weighted by molar-refractivity contribution is -0.149. The zero-order valence-electron chi connectivity index (χ0n) is 7.51. The molecule has 0 N–H and O–H groups in total. The Morgan fingerprint density at radius 3 is 2.85 bits per heavy atom. The lowest BCUT2D eigenvalue weighted by atomic mass is 10.2. The second kappa shape index (κ2) is 3.74. The van der Waals surface area contributed by atoms with Crippen LogP contribution < -0.4 is 0 Å². The van der Waals surface area contributed by atoms with Gasteiger partial charge in [-0.1, -0.05) is 5.11 Å². The second-order valence-corrected chi connectivity index (χ2v) is 3.19. The molecule has 0 aliphatic carbocycles. The van der Waals surface area contributed by atoms with Gasteiger partial charge in [-0.3, -0.25) is 0 Å². The predicted molar refractivity (Wildman–Crippen MR) is 43.9 cm³/mol. The summed E-state index contributed by atoms with van der Waals surface area (Å²) in [5.74, 6) is -0.777. The SMILES string of the molecule is CC1(C)OC(C=O)C(CN=[N+]=[N-])O1. The third-order valence-corrected chi connectivity index (χ3v) is 1.68. The van der Waals surface area contributed by atoms with E-state index in [-0.39, 0.29) is 6.54 Å². The Morgan fingerprint density at radius 2 is 2.31 bits per heavy atom. The standard InChI is InChI=1S/C7H11N3O3/c1-7(2)12-5(3-9-10-8)6(4-11)13-7/h4-6H,3H2,1-2H3. The van der Waals surface area contributed by atoms with Crippen LogP contribution in [-0.4, -0.2) is 30.8 Å². The summed E-state index contributed by atoms with van der Waals surface area (Å²) in [5, 5.41) is 3.33. The minimum Gasteiger partial charge on any atom is -0.344 e.